The van der Waals surface area contributed by atoms with E-state index in [4.69, 9.17) is 11.6 Å². The van der Waals surface area contributed by atoms with Crippen molar-refractivity contribution in [1.82, 2.24) is 10.0 Å². The molecular weight excluding hydrogens is 363 g/mol. The molecule has 1 aliphatic rings. The summed E-state index contributed by atoms with van der Waals surface area (Å²) in [6, 6.07) is 4.06. The first-order valence-electron chi connectivity index (χ1n) is 7.02. The average Bonchev–Trinajstić information content (AvgIpc) is 2.99. The lowest BCUT2D eigenvalue weighted by atomic mass is 10.1. The third-order valence-corrected chi connectivity index (χ3v) is 5.38. The molecule has 1 fully saturated rings. The number of esters is 1. The summed E-state index contributed by atoms with van der Waals surface area (Å²) in [6.07, 6.45) is 1.80. The SMILES string of the molecule is COC(=O)c1ccc(Cl)cc1S(=O)(=O)NCCC1CCNC1.Cl. The summed E-state index contributed by atoms with van der Waals surface area (Å²) < 4.78 is 32.0. The van der Waals surface area contributed by atoms with Crippen LogP contribution in [0.4, 0.5) is 0 Å². The fraction of sp³-hybridized carbons (Fsp3) is 0.500. The van der Waals surface area contributed by atoms with Crippen molar-refractivity contribution in [1.29, 1.82) is 0 Å². The molecule has 2 N–H and O–H groups in total. The number of ether oxygens (including phenoxy) is 1. The number of hydrogen-bond acceptors (Lipinski definition) is 5. The molecule has 1 aromatic carbocycles. The number of benzene rings is 1. The fourth-order valence-corrected chi connectivity index (χ4v) is 3.93. The molecule has 6 nitrogen and oxygen atoms in total. The van der Waals surface area contributed by atoms with E-state index in [0.29, 0.717) is 12.5 Å². The lowest BCUT2D eigenvalue weighted by Crippen LogP contribution is -2.28. The van der Waals surface area contributed by atoms with Gasteiger partial charge in [-0.15, -0.1) is 12.4 Å². The minimum atomic E-state index is -3.82. The van der Waals surface area contributed by atoms with Gasteiger partial charge in [-0.3, -0.25) is 0 Å². The van der Waals surface area contributed by atoms with E-state index in [-0.39, 0.29) is 27.9 Å². The van der Waals surface area contributed by atoms with Crippen LogP contribution in [-0.2, 0) is 14.8 Å². The van der Waals surface area contributed by atoms with Gasteiger partial charge < -0.3 is 10.1 Å². The Labute approximate surface area is 147 Å². The maximum Gasteiger partial charge on any atom is 0.339 e. The zero-order chi connectivity index (χ0) is 16.2. The largest absolute Gasteiger partial charge is 0.465 e. The Bertz CT molecular complexity index is 646. The molecule has 9 heteroatoms. The number of hydrogen-bond donors (Lipinski definition) is 2. The summed E-state index contributed by atoms with van der Waals surface area (Å²) in [4.78, 5) is 11.6. The summed E-state index contributed by atoms with van der Waals surface area (Å²) in [7, 11) is -2.61. The molecule has 23 heavy (non-hydrogen) atoms. The highest BCUT2D eigenvalue weighted by Crippen LogP contribution is 2.22. The molecule has 0 radical (unpaired) electrons. The average molecular weight is 383 g/mol. The highest BCUT2D eigenvalue weighted by atomic mass is 35.5. The minimum Gasteiger partial charge on any atom is -0.465 e. The van der Waals surface area contributed by atoms with Crippen LogP contribution in [0.2, 0.25) is 5.02 Å². The topological polar surface area (TPSA) is 84.5 Å². The van der Waals surface area contributed by atoms with E-state index < -0.39 is 16.0 Å². The standard InChI is InChI=1S/C14H19ClN2O4S.ClH/c1-21-14(18)12-3-2-11(15)8-13(12)22(19,20)17-7-5-10-4-6-16-9-10;/h2-3,8,10,16-17H,4-7,9H2,1H3;1H. The van der Waals surface area contributed by atoms with Gasteiger partial charge in [0.1, 0.15) is 0 Å². The molecule has 0 saturated carbocycles. The van der Waals surface area contributed by atoms with Crippen LogP contribution >= 0.6 is 24.0 Å². The molecule has 1 heterocycles. The smallest absolute Gasteiger partial charge is 0.339 e. The van der Waals surface area contributed by atoms with Crippen molar-refractivity contribution in [2.75, 3.05) is 26.7 Å². The summed E-state index contributed by atoms with van der Waals surface area (Å²) in [5, 5.41) is 3.48. The van der Waals surface area contributed by atoms with Gasteiger partial charge in [0.15, 0.2) is 0 Å². The molecule has 130 valence electrons. The number of methoxy groups -OCH3 is 1. The van der Waals surface area contributed by atoms with Crippen molar-refractivity contribution in [3.8, 4) is 0 Å². The fourth-order valence-electron chi connectivity index (χ4n) is 2.43. The van der Waals surface area contributed by atoms with Gasteiger partial charge in [0, 0.05) is 11.6 Å². The number of sulfonamides is 1. The summed E-state index contributed by atoms with van der Waals surface area (Å²) in [5.74, 6) is -0.237. The van der Waals surface area contributed by atoms with Crippen molar-refractivity contribution in [3.63, 3.8) is 0 Å². The van der Waals surface area contributed by atoms with Gasteiger partial charge in [-0.25, -0.2) is 17.9 Å². The van der Waals surface area contributed by atoms with E-state index in [1.165, 1.54) is 25.3 Å². The summed E-state index contributed by atoms with van der Waals surface area (Å²) in [5.41, 5.74) is -0.0260. The quantitative estimate of drug-likeness (QED) is 0.733. The van der Waals surface area contributed by atoms with E-state index in [1.807, 2.05) is 0 Å². The molecule has 1 atom stereocenters. The van der Waals surface area contributed by atoms with Gasteiger partial charge in [-0.1, -0.05) is 11.6 Å². The van der Waals surface area contributed by atoms with Crippen LogP contribution in [0, 0.1) is 5.92 Å². The van der Waals surface area contributed by atoms with Gasteiger partial charge in [0.05, 0.1) is 17.6 Å². The lowest BCUT2D eigenvalue weighted by molar-refractivity contribution is 0.0596. The predicted octanol–water partition coefficient (Wildman–Crippen LogP) is 1.83. The second-order valence-electron chi connectivity index (χ2n) is 5.18. The molecule has 1 unspecified atom stereocenters. The Hall–Kier alpha value is -0.860. The first-order valence-corrected chi connectivity index (χ1v) is 8.88. The maximum atomic E-state index is 12.4. The highest BCUT2D eigenvalue weighted by Gasteiger charge is 2.24. The number of nitrogens with one attached hydrogen (secondary N) is 2. The van der Waals surface area contributed by atoms with Crippen LogP contribution in [-0.4, -0.2) is 41.1 Å². The normalized spacial score (nSPS) is 17.6. The third kappa shape index (κ3) is 5.32. The van der Waals surface area contributed by atoms with E-state index in [9.17, 15) is 13.2 Å². The first-order chi connectivity index (χ1) is 10.4. The zero-order valence-electron chi connectivity index (χ0n) is 12.7. The second kappa shape index (κ2) is 8.84. The monoisotopic (exact) mass is 382 g/mol. The number of halogens is 2. The Morgan fingerprint density at radius 2 is 2.22 bits per heavy atom. The number of carbonyl (C=O) groups excluding carboxylic acids is 1. The highest BCUT2D eigenvalue weighted by molar-refractivity contribution is 7.89. The van der Waals surface area contributed by atoms with Gasteiger partial charge in [0.2, 0.25) is 10.0 Å². The van der Waals surface area contributed by atoms with Gasteiger partial charge >= 0.3 is 5.97 Å². The van der Waals surface area contributed by atoms with Gasteiger partial charge in [-0.05, 0) is 50.0 Å². The molecule has 1 aromatic rings. The van der Waals surface area contributed by atoms with Gasteiger partial charge in [-0.2, -0.15) is 0 Å². The van der Waals surface area contributed by atoms with Crippen LogP contribution in [0.1, 0.15) is 23.2 Å². The van der Waals surface area contributed by atoms with Crippen LogP contribution in [0.3, 0.4) is 0 Å². The van der Waals surface area contributed by atoms with Crippen molar-refractivity contribution in [2.45, 2.75) is 17.7 Å². The molecular formula is C14H20Cl2N2O4S. The Kier molecular flexibility index (Phi) is 7.76. The van der Waals surface area contributed by atoms with Crippen LogP contribution < -0.4 is 10.0 Å². The van der Waals surface area contributed by atoms with E-state index in [0.717, 1.165) is 25.9 Å². The predicted molar refractivity (Wildman–Crippen MR) is 90.8 cm³/mol. The molecule has 0 aliphatic carbocycles. The molecule has 0 amide bonds. The molecule has 0 bridgehead atoms. The molecule has 1 aliphatic heterocycles. The van der Waals surface area contributed by atoms with Crippen molar-refractivity contribution >= 4 is 40.0 Å². The third-order valence-electron chi connectivity index (χ3n) is 3.65. The summed E-state index contributed by atoms with van der Waals surface area (Å²) in [6.45, 7) is 2.20. The van der Waals surface area contributed by atoms with Crippen LogP contribution in [0.15, 0.2) is 23.1 Å². The Morgan fingerprint density at radius 3 is 2.83 bits per heavy atom. The van der Waals surface area contributed by atoms with Crippen LogP contribution in [0.5, 0.6) is 0 Å². The van der Waals surface area contributed by atoms with Crippen molar-refractivity contribution < 1.29 is 17.9 Å². The van der Waals surface area contributed by atoms with E-state index in [1.54, 1.807) is 0 Å². The molecule has 1 saturated heterocycles. The summed E-state index contributed by atoms with van der Waals surface area (Å²) >= 11 is 5.86. The number of rotatable bonds is 6. The van der Waals surface area contributed by atoms with Gasteiger partial charge in [0.25, 0.3) is 0 Å². The Balaban J connectivity index is 0.00000264. The zero-order valence-corrected chi connectivity index (χ0v) is 15.1. The number of carbonyl (C=O) groups is 1. The van der Waals surface area contributed by atoms with Crippen molar-refractivity contribution in [3.05, 3.63) is 28.8 Å². The molecule has 0 spiro atoms. The van der Waals surface area contributed by atoms with E-state index >= 15 is 0 Å². The minimum absolute atomic E-state index is 0. The Morgan fingerprint density at radius 1 is 1.48 bits per heavy atom. The second-order valence-corrected chi connectivity index (χ2v) is 7.35. The molecule has 2 rings (SSSR count). The first kappa shape index (κ1) is 20.2. The van der Waals surface area contributed by atoms with Crippen molar-refractivity contribution in [2.24, 2.45) is 5.92 Å². The van der Waals surface area contributed by atoms with Crippen LogP contribution in [0.25, 0.3) is 0 Å². The molecule has 0 aromatic heterocycles. The lowest BCUT2D eigenvalue weighted by Gasteiger charge is -2.12. The maximum absolute atomic E-state index is 12.4. The van der Waals surface area contributed by atoms with E-state index in [2.05, 4.69) is 14.8 Å².